The second-order valence-electron chi connectivity index (χ2n) is 0.402. The molecule has 4 nitrogen and oxygen atoms in total. The zero-order valence-corrected chi connectivity index (χ0v) is 6.24. The minimum atomic E-state index is -0.833. The summed E-state index contributed by atoms with van der Waals surface area (Å²) in [7, 11) is 0. The molecule has 7 heteroatoms. The van der Waals surface area contributed by atoms with Crippen LogP contribution in [0.4, 0.5) is 4.79 Å². The van der Waals surface area contributed by atoms with Gasteiger partial charge in [0.05, 0.1) is 0 Å². The van der Waals surface area contributed by atoms with Crippen molar-refractivity contribution in [1.82, 2.24) is 0 Å². The summed E-state index contributed by atoms with van der Waals surface area (Å²) < 4.78 is 0. The monoisotopic (exact) mass is 186 g/mol. The van der Waals surface area contributed by atoms with E-state index in [-0.39, 0.29) is 42.7 Å². The molecule has 0 heterocycles. The molecule has 6 N–H and O–H groups in total. The number of nitrogens with two attached hydrogens (primary N) is 2. The third kappa shape index (κ3) is 15900. The van der Waals surface area contributed by atoms with Crippen LogP contribution < -0.4 is 11.5 Å². The molecule has 0 rings (SSSR count). The molecule has 0 aliphatic rings. The van der Waals surface area contributed by atoms with Crippen molar-refractivity contribution in [2.45, 2.75) is 0 Å². The van der Waals surface area contributed by atoms with Crippen LogP contribution in [-0.2, 0) is 0 Å². The van der Waals surface area contributed by atoms with Gasteiger partial charge in [-0.15, -0.1) is 37.2 Å². The Labute approximate surface area is 65.5 Å². The van der Waals surface area contributed by atoms with E-state index in [1.165, 1.54) is 0 Å². The largest absolute Gasteiger partial charge is 0.412 e. The number of urea groups is 1. The van der Waals surface area contributed by atoms with Crippen LogP contribution in [0.3, 0.4) is 0 Å². The van der Waals surface area contributed by atoms with E-state index in [2.05, 4.69) is 11.5 Å². The zero-order chi connectivity index (χ0) is 3.58. The molecular weight excluding hydrogens is 178 g/mol. The first-order valence-corrected chi connectivity index (χ1v) is 0.781. The number of halogens is 3. The molecule has 0 fully saturated rings. The fourth-order valence-corrected chi connectivity index (χ4v) is 0. The quantitative estimate of drug-likeness (QED) is 0.523. The van der Waals surface area contributed by atoms with Gasteiger partial charge in [-0.1, -0.05) is 0 Å². The lowest BCUT2D eigenvalue weighted by Crippen LogP contribution is -2.18. The van der Waals surface area contributed by atoms with Crippen LogP contribution in [0.15, 0.2) is 0 Å². The van der Waals surface area contributed by atoms with Gasteiger partial charge in [0.15, 0.2) is 0 Å². The zero-order valence-electron chi connectivity index (χ0n) is 3.79. The number of rotatable bonds is 0. The summed E-state index contributed by atoms with van der Waals surface area (Å²) in [6, 6.07) is -0.833. The minimum Gasteiger partial charge on any atom is -0.412 e. The topological polar surface area (TPSA) is 101 Å². The molecule has 0 aromatic carbocycles. The van der Waals surface area contributed by atoms with Crippen LogP contribution in [0, 0.1) is 0 Å². The highest BCUT2D eigenvalue weighted by Crippen LogP contribution is 1.25. The summed E-state index contributed by atoms with van der Waals surface area (Å²) in [5.74, 6) is 0. The number of hydrogen-bond acceptors (Lipinski definition) is 1. The van der Waals surface area contributed by atoms with Crippen molar-refractivity contribution in [3.05, 3.63) is 0 Å². The molecule has 56 valence electrons. The highest BCUT2D eigenvalue weighted by Gasteiger charge is 1.60. The van der Waals surface area contributed by atoms with E-state index in [9.17, 15) is 0 Å². The molecular formula is CH9Cl3N2O2. The normalized spacial score (nSPS) is 3.00. The van der Waals surface area contributed by atoms with Crippen LogP contribution in [0.2, 0.25) is 0 Å². The van der Waals surface area contributed by atoms with Crippen molar-refractivity contribution >= 4 is 43.3 Å². The molecule has 0 bridgehead atoms. The van der Waals surface area contributed by atoms with Gasteiger partial charge in [-0.3, -0.25) is 0 Å². The third-order valence-electron chi connectivity index (χ3n) is 0. The fraction of sp³-hybridized carbons (Fsp3) is 0. The molecule has 0 aromatic heterocycles. The fourth-order valence-electron chi connectivity index (χ4n) is 0. The molecule has 0 saturated carbocycles. The Kier molecular flexibility index (Phi) is 146. The number of amides is 2. The van der Waals surface area contributed by atoms with Gasteiger partial charge in [-0.25, -0.2) is 4.79 Å². The maximum atomic E-state index is 9.00. The molecule has 0 saturated heterocycles. The first-order chi connectivity index (χ1) is 1.73. The van der Waals surface area contributed by atoms with E-state index in [4.69, 9.17) is 4.79 Å². The number of carbonyl (C=O) groups is 1. The van der Waals surface area contributed by atoms with Crippen molar-refractivity contribution < 1.29 is 10.3 Å². The van der Waals surface area contributed by atoms with Gasteiger partial charge in [0.1, 0.15) is 0 Å². The van der Waals surface area contributed by atoms with Gasteiger partial charge in [0, 0.05) is 0 Å². The lowest BCUT2D eigenvalue weighted by Gasteiger charge is -1.62. The molecule has 0 unspecified atom stereocenters. The Morgan fingerprint density at radius 3 is 1.00 bits per heavy atom. The number of primary amides is 2. The first kappa shape index (κ1) is 42.5. The van der Waals surface area contributed by atoms with Gasteiger partial charge in [-0.05, 0) is 0 Å². The SMILES string of the molecule is Cl.Cl.Cl.NC(N)=O.O. The summed E-state index contributed by atoms with van der Waals surface area (Å²) >= 11 is 0. The van der Waals surface area contributed by atoms with Gasteiger partial charge >= 0.3 is 6.03 Å². The number of hydrogen-bond donors (Lipinski definition) is 2. The molecule has 0 radical (unpaired) electrons. The molecule has 0 aromatic rings. The maximum Gasteiger partial charge on any atom is 0.309 e. The molecule has 0 aliphatic heterocycles. The van der Waals surface area contributed by atoms with E-state index in [1.807, 2.05) is 0 Å². The molecule has 2 amide bonds. The average Bonchev–Trinajstić information content (AvgIpc) is 0.811. The lowest BCUT2D eigenvalue weighted by molar-refractivity contribution is 0.256. The lowest BCUT2D eigenvalue weighted by atomic mass is 11.2. The second-order valence-corrected chi connectivity index (χ2v) is 0.402. The van der Waals surface area contributed by atoms with E-state index in [0.717, 1.165) is 0 Å². The van der Waals surface area contributed by atoms with E-state index in [0.29, 0.717) is 0 Å². The van der Waals surface area contributed by atoms with Gasteiger partial charge in [-0.2, -0.15) is 0 Å². The van der Waals surface area contributed by atoms with Crippen molar-refractivity contribution in [2.75, 3.05) is 0 Å². The summed E-state index contributed by atoms with van der Waals surface area (Å²) in [5, 5.41) is 0. The minimum absolute atomic E-state index is 0. The highest BCUT2D eigenvalue weighted by molar-refractivity contribution is 5.86. The van der Waals surface area contributed by atoms with Crippen molar-refractivity contribution in [3.63, 3.8) is 0 Å². The Balaban J connectivity index is -0.00000000750. The predicted octanol–water partition coefficient (Wildman–Crippen LogP) is -0.535. The predicted molar refractivity (Wildman–Crippen MR) is 39.1 cm³/mol. The van der Waals surface area contributed by atoms with Crippen LogP contribution in [0.5, 0.6) is 0 Å². The standard InChI is InChI=1S/CH4N2O.3ClH.H2O/c2-1(3)4;;;;/h(H4,2,3,4);3*1H;1H2. The second kappa shape index (κ2) is 27.5. The highest BCUT2D eigenvalue weighted by atomic mass is 35.5. The van der Waals surface area contributed by atoms with Crippen molar-refractivity contribution in [1.29, 1.82) is 0 Å². The Hall–Kier alpha value is 0.1000. The van der Waals surface area contributed by atoms with Gasteiger partial charge < -0.3 is 16.9 Å². The Bertz CT molecular complexity index is 38.3. The van der Waals surface area contributed by atoms with Crippen LogP contribution in [0.1, 0.15) is 0 Å². The van der Waals surface area contributed by atoms with Gasteiger partial charge in [0.2, 0.25) is 0 Å². The molecule has 8 heavy (non-hydrogen) atoms. The number of carbonyl (C=O) groups excluding carboxylic acids is 1. The van der Waals surface area contributed by atoms with Crippen molar-refractivity contribution in [3.8, 4) is 0 Å². The maximum absolute atomic E-state index is 9.00. The van der Waals surface area contributed by atoms with Crippen LogP contribution in [0.25, 0.3) is 0 Å². The summed E-state index contributed by atoms with van der Waals surface area (Å²) in [6.07, 6.45) is 0. The smallest absolute Gasteiger partial charge is 0.309 e. The first-order valence-electron chi connectivity index (χ1n) is 0.781. The van der Waals surface area contributed by atoms with E-state index >= 15 is 0 Å². The average molecular weight is 187 g/mol. The molecule has 0 aliphatic carbocycles. The van der Waals surface area contributed by atoms with Crippen LogP contribution in [-0.4, -0.2) is 11.5 Å². The summed E-state index contributed by atoms with van der Waals surface area (Å²) in [6.45, 7) is 0. The molecule has 0 spiro atoms. The van der Waals surface area contributed by atoms with Gasteiger partial charge in [0.25, 0.3) is 0 Å². The molecule has 0 atom stereocenters. The summed E-state index contributed by atoms with van der Waals surface area (Å²) in [5.41, 5.74) is 8.50. The summed E-state index contributed by atoms with van der Waals surface area (Å²) in [4.78, 5) is 9.00. The Morgan fingerprint density at radius 2 is 1.00 bits per heavy atom. The van der Waals surface area contributed by atoms with Crippen LogP contribution >= 0.6 is 37.2 Å². The third-order valence-corrected chi connectivity index (χ3v) is 0. The van der Waals surface area contributed by atoms with E-state index < -0.39 is 6.03 Å². The van der Waals surface area contributed by atoms with Crippen molar-refractivity contribution in [2.24, 2.45) is 11.5 Å². The Morgan fingerprint density at radius 1 is 1.00 bits per heavy atom. The van der Waals surface area contributed by atoms with E-state index in [1.54, 1.807) is 0 Å².